The van der Waals surface area contributed by atoms with Gasteiger partial charge in [0, 0.05) is 6.42 Å². The molecule has 3 aliphatic rings. The lowest BCUT2D eigenvalue weighted by Gasteiger charge is -2.48. The van der Waals surface area contributed by atoms with Gasteiger partial charge >= 0.3 is 0 Å². The number of amides is 1. The highest BCUT2D eigenvalue weighted by Crippen LogP contribution is 2.33. The summed E-state index contributed by atoms with van der Waals surface area (Å²) in [7, 11) is 0. The second-order valence-electron chi connectivity index (χ2n) is 24.3. The maximum absolute atomic E-state index is 13.4. The van der Waals surface area contributed by atoms with Crippen LogP contribution in [0.5, 0.6) is 0 Å². The van der Waals surface area contributed by atoms with Crippen molar-refractivity contribution in [3.63, 3.8) is 0 Å². The van der Waals surface area contributed by atoms with E-state index in [0.29, 0.717) is 12.8 Å². The average molecular weight is 1220 g/mol. The van der Waals surface area contributed by atoms with Gasteiger partial charge in [-0.1, -0.05) is 224 Å². The van der Waals surface area contributed by atoms with Gasteiger partial charge in [-0.3, -0.25) is 4.79 Å². The summed E-state index contributed by atoms with van der Waals surface area (Å²) in [5.41, 5.74) is 0. The van der Waals surface area contributed by atoms with E-state index in [0.717, 1.165) is 57.8 Å². The van der Waals surface area contributed by atoms with Crippen molar-refractivity contribution in [3.8, 4) is 0 Å². The molecule has 17 atom stereocenters. The normalized spacial score (nSPS) is 29.2. The molecular formula is C66H121NO18. The fraction of sp³-hybridized carbons (Fsp3) is 0.894. The zero-order valence-electron chi connectivity index (χ0n) is 52.3. The van der Waals surface area contributed by atoms with Crippen molar-refractivity contribution in [2.45, 2.75) is 349 Å². The molecule has 498 valence electrons. The molecule has 0 aromatic carbocycles. The molecule has 0 radical (unpaired) electrons. The Morgan fingerprint density at radius 1 is 0.424 bits per heavy atom. The Labute approximate surface area is 511 Å². The topological polar surface area (TPSA) is 307 Å². The second-order valence-corrected chi connectivity index (χ2v) is 24.3. The minimum absolute atomic E-state index is 0.244. The molecule has 0 aromatic heterocycles. The first-order valence-electron chi connectivity index (χ1n) is 33.7. The molecule has 3 saturated heterocycles. The molecule has 0 aliphatic carbocycles. The number of carbonyl (C=O) groups is 1. The van der Waals surface area contributed by atoms with Gasteiger partial charge in [-0.2, -0.15) is 0 Å². The zero-order chi connectivity index (χ0) is 61.9. The van der Waals surface area contributed by atoms with E-state index in [1.165, 1.54) is 154 Å². The summed E-state index contributed by atoms with van der Waals surface area (Å²) in [4.78, 5) is 13.4. The first kappa shape index (κ1) is 77.3. The summed E-state index contributed by atoms with van der Waals surface area (Å²) >= 11 is 0. The van der Waals surface area contributed by atoms with E-state index in [4.69, 9.17) is 28.4 Å². The van der Waals surface area contributed by atoms with Gasteiger partial charge in [0.1, 0.15) is 73.2 Å². The van der Waals surface area contributed by atoms with E-state index >= 15 is 0 Å². The molecule has 12 N–H and O–H groups in total. The fourth-order valence-electron chi connectivity index (χ4n) is 11.4. The third-order valence-corrected chi connectivity index (χ3v) is 17.0. The van der Waals surface area contributed by atoms with Gasteiger partial charge < -0.3 is 89.9 Å². The average Bonchev–Trinajstić information content (AvgIpc) is 3.05. The summed E-state index contributed by atoms with van der Waals surface area (Å²) in [5, 5.41) is 120. The third kappa shape index (κ3) is 31.5. The van der Waals surface area contributed by atoms with Crippen LogP contribution < -0.4 is 5.32 Å². The predicted octanol–water partition coefficient (Wildman–Crippen LogP) is 8.05. The van der Waals surface area contributed by atoms with Crippen molar-refractivity contribution in [1.29, 1.82) is 0 Å². The van der Waals surface area contributed by atoms with E-state index in [1.54, 1.807) is 0 Å². The molecular weight excluding hydrogens is 1090 g/mol. The summed E-state index contributed by atoms with van der Waals surface area (Å²) in [5.74, 6) is -0.244. The van der Waals surface area contributed by atoms with Crippen LogP contribution in [-0.2, 0) is 33.2 Å². The summed E-state index contributed by atoms with van der Waals surface area (Å²) in [6.45, 7) is 1.77. The minimum atomic E-state index is -1.97. The fourth-order valence-corrected chi connectivity index (χ4v) is 11.4. The lowest BCUT2D eigenvalue weighted by atomic mass is 9.96. The first-order chi connectivity index (χ1) is 41.3. The van der Waals surface area contributed by atoms with Crippen LogP contribution in [-0.4, -0.2) is 193 Å². The highest BCUT2D eigenvalue weighted by molar-refractivity contribution is 5.76. The van der Waals surface area contributed by atoms with E-state index < -0.39 is 124 Å². The SMILES string of the molecule is CCCCCCC/C=C\C/C=C\C/C=C\CCCCCCCCCCCCCCCCC(=O)NC(COC1OC(CO)C(OC2OC(CO)C(OC3OC(CO)C(O)C(O)C3O)C(O)C2O)C(O)C1O)C(O)CCCCCCCCCCCCC. The summed E-state index contributed by atoms with van der Waals surface area (Å²) in [6, 6.07) is -0.886. The highest BCUT2D eigenvalue weighted by atomic mass is 16.8. The Hall–Kier alpha value is -1.99. The Balaban J connectivity index is 1.38. The van der Waals surface area contributed by atoms with Crippen LogP contribution in [0.25, 0.3) is 0 Å². The highest BCUT2D eigenvalue weighted by Gasteiger charge is 2.53. The quantitative estimate of drug-likeness (QED) is 0.0202. The monoisotopic (exact) mass is 1220 g/mol. The lowest BCUT2D eigenvalue weighted by molar-refractivity contribution is -0.379. The Bertz CT molecular complexity index is 1690. The van der Waals surface area contributed by atoms with Gasteiger partial charge in [0.15, 0.2) is 18.9 Å². The van der Waals surface area contributed by atoms with Gasteiger partial charge in [-0.15, -0.1) is 0 Å². The number of hydrogen-bond donors (Lipinski definition) is 12. The van der Waals surface area contributed by atoms with Crippen LogP contribution in [0.1, 0.15) is 245 Å². The largest absolute Gasteiger partial charge is 0.394 e. The smallest absolute Gasteiger partial charge is 0.220 e. The van der Waals surface area contributed by atoms with Crippen LogP contribution in [0.3, 0.4) is 0 Å². The van der Waals surface area contributed by atoms with Crippen LogP contribution in [0.4, 0.5) is 0 Å². The molecule has 17 unspecified atom stereocenters. The molecule has 3 fully saturated rings. The molecule has 19 heteroatoms. The van der Waals surface area contributed by atoms with Crippen LogP contribution in [0.15, 0.2) is 36.5 Å². The number of ether oxygens (including phenoxy) is 6. The van der Waals surface area contributed by atoms with Crippen LogP contribution >= 0.6 is 0 Å². The van der Waals surface area contributed by atoms with Crippen LogP contribution in [0.2, 0.25) is 0 Å². The number of rotatable bonds is 51. The predicted molar refractivity (Wildman–Crippen MR) is 328 cm³/mol. The first-order valence-corrected chi connectivity index (χ1v) is 33.7. The lowest BCUT2D eigenvalue weighted by Crippen LogP contribution is -2.66. The van der Waals surface area contributed by atoms with Crippen molar-refractivity contribution in [1.82, 2.24) is 5.32 Å². The van der Waals surface area contributed by atoms with Gasteiger partial charge in [0.2, 0.25) is 5.91 Å². The third-order valence-electron chi connectivity index (χ3n) is 17.0. The maximum atomic E-state index is 13.4. The van der Waals surface area contributed by atoms with E-state index in [1.807, 2.05) is 0 Å². The summed E-state index contributed by atoms with van der Waals surface area (Å²) in [6.07, 6.45) is 28.1. The Morgan fingerprint density at radius 3 is 1.21 bits per heavy atom. The van der Waals surface area contributed by atoms with E-state index in [2.05, 4.69) is 55.6 Å². The molecule has 85 heavy (non-hydrogen) atoms. The van der Waals surface area contributed by atoms with E-state index in [9.17, 15) is 61.0 Å². The van der Waals surface area contributed by atoms with Gasteiger partial charge in [-0.25, -0.2) is 0 Å². The van der Waals surface area contributed by atoms with Gasteiger partial charge in [0.25, 0.3) is 0 Å². The van der Waals surface area contributed by atoms with Gasteiger partial charge in [-0.05, 0) is 51.4 Å². The molecule has 3 rings (SSSR count). The Kier molecular flexibility index (Phi) is 44.4. The molecule has 0 bridgehead atoms. The van der Waals surface area contributed by atoms with Gasteiger partial charge in [0.05, 0.1) is 38.6 Å². The van der Waals surface area contributed by atoms with Crippen molar-refractivity contribution in [3.05, 3.63) is 36.5 Å². The van der Waals surface area contributed by atoms with E-state index in [-0.39, 0.29) is 18.9 Å². The molecule has 0 spiro atoms. The molecule has 0 saturated carbocycles. The van der Waals surface area contributed by atoms with Crippen molar-refractivity contribution in [2.24, 2.45) is 0 Å². The van der Waals surface area contributed by atoms with Crippen molar-refractivity contribution >= 4 is 5.91 Å². The van der Waals surface area contributed by atoms with Crippen molar-refractivity contribution < 1.29 is 89.4 Å². The Morgan fingerprint density at radius 2 is 0.776 bits per heavy atom. The maximum Gasteiger partial charge on any atom is 0.220 e. The summed E-state index contributed by atoms with van der Waals surface area (Å²) < 4.78 is 34.3. The minimum Gasteiger partial charge on any atom is -0.394 e. The second kappa shape index (κ2) is 48.8. The number of carbonyl (C=O) groups excluding carboxylic acids is 1. The number of aliphatic hydroxyl groups is 11. The van der Waals surface area contributed by atoms with Crippen molar-refractivity contribution in [2.75, 3.05) is 26.4 Å². The number of unbranched alkanes of at least 4 members (excludes halogenated alkanes) is 29. The number of hydrogen-bond acceptors (Lipinski definition) is 18. The van der Waals surface area contributed by atoms with Crippen LogP contribution in [0, 0.1) is 0 Å². The molecule has 1 amide bonds. The number of aliphatic hydroxyl groups excluding tert-OH is 11. The number of allylic oxidation sites excluding steroid dienone is 6. The standard InChI is InChI=1S/C66H121NO18/c1-3-5-7-9-11-13-15-16-17-18-19-20-21-22-23-24-25-26-27-28-29-30-31-32-34-36-38-40-42-44-54(72)67-49(50(71)43-41-39-37-35-33-14-12-10-8-6-4-2)48-80-64-60(78)57(75)62(52(46-69)82-64)85-66-61(79)58(76)63(53(47-70)83-66)84-65-59(77)56(74)55(73)51(45-68)81-65/h15-16,18-19,21-22,49-53,55-66,68-71,73-79H,3-14,17,20,23-48H2,1-2H3,(H,67,72)/b16-15-,19-18-,22-21-. The molecule has 19 nitrogen and oxygen atoms in total. The zero-order valence-corrected chi connectivity index (χ0v) is 52.3. The molecule has 3 heterocycles. The number of nitrogens with one attached hydrogen (secondary N) is 1. The molecule has 0 aromatic rings. The molecule has 3 aliphatic heterocycles.